The van der Waals surface area contributed by atoms with Crippen LogP contribution in [0.3, 0.4) is 0 Å². The van der Waals surface area contributed by atoms with Crippen molar-refractivity contribution in [3.8, 4) is 5.75 Å². The lowest BCUT2D eigenvalue weighted by atomic mass is 10.2. The van der Waals surface area contributed by atoms with E-state index in [2.05, 4.69) is 25.7 Å². The molecule has 0 saturated carbocycles. The maximum absolute atomic E-state index is 12.5. The molecule has 0 heterocycles. The summed E-state index contributed by atoms with van der Waals surface area (Å²) in [6.07, 6.45) is 0.206. The molecule has 0 aliphatic rings. The van der Waals surface area contributed by atoms with Crippen LogP contribution in [0.4, 0.5) is 14.5 Å². The Labute approximate surface area is 173 Å². The van der Waals surface area contributed by atoms with E-state index in [-0.39, 0.29) is 24.6 Å². The van der Waals surface area contributed by atoms with Crippen LogP contribution in [0.2, 0.25) is 5.02 Å². The topological polar surface area (TPSA) is 74.8 Å². The molecule has 0 aliphatic heterocycles. The van der Waals surface area contributed by atoms with Gasteiger partial charge in [0.25, 0.3) is 0 Å². The molecule has 29 heavy (non-hydrogen) atoms. The number of para-hydroxylation sites is 1. The maximum Gasteiger partial charge on any atom is 0.387 e. The van der Waals surface area contributed by atoms with Crippen LogP contribution < -0.4 is 20.7 Å². The standard InChI is InChI=1S/C20H23ClF2N4O2/c1-13-15(21)7-5-8-16(13)27-18(28)10-11-25-20(24-2)26-12-14-6-3-4-9-17(14)29-19(22)23/h3-9,19H,10-12H2,1-2H3,(H,27,28)(H2,24,25,26). The molecule has 3 N–H and O–H groups in total. The Bertz CT molecular complexity index is 862. The Balaban J connectivity index is 1.81. The second-order valence-corrected chi connectivity index (χ2v) is 6.46. The first-order valence-corrected chi connectivity index (χ1v) is 9.30. The summed E-state index contributed by atoms with van der Waals surface area (Å²) < 4.78 is 29.5. The van der Waals surface area contributed by atoms with Crippen LogP contribution in [-0.2, 0) is 11.3 Å². The molecule has 0 spiro atoms. The largest absolute Gasteiger partial charge is 0.434 e. The van der Waals surface area contributed by atoms with Crippen molar-refractivity contribution in [1.29, 1.82) is 0 Å². The summed E-state index contributed by atoms with van der Waals surface area (Å²) in [6.45, 7) is -0.496. The predicted molar refractivity (Wildman–Crippen MR) is 111 cm³/mol. The number of nitrogens with zero attached hydrogens (tertiary/aromatic N) is 1. The average molecular weight is 425 g/mol. The minimum atomic E-state index is -2.89. The normalized spacial score (nSPS) is 11.3. The third-order valence-electron chi connectivity index (χ3n) is 4.04. The van der Waals surface area contributed by atoms with Crippen molar-refractivity contribution >= 4 is 29.2 Å². The Morgan fingerprint density at radius 1 is 1.17 bits per heavy atom. The summed E-state index contributed by atoms with van der Waals surface area (Å²) in [5.74, 6) is 0.360. The lowest BCUT2D eigenvalue weighted by molar-refractivity contribution is -0.116. The Hall–Kier alpha value is -2.87. The van der Waals surface area contributed by atoms with Gasteiger partial charge in [-0.25, -0.2) is 0 Å². The highest BCUT2D eigenvalue weighted by molar-refractivity contribution is 6.31. The van der Waals surface area contributed by atoms with Crippen LogP contribution in [0.15, 0.2) is 47.5 Å². The van der Waals surface area contributed by atoms with Gasteiger partial charge in [-0.15, -0.1) is 0 Å². The van der Waals surface area contributed by atoms with Gasteiger partial charge in [0, 0.05) is 42.8 Å². The van der Waals surface area contributed by atoms with Crippen molar-refractivity contribution in [2.24, 2.45) is 4.99 Å². The number of halogens is 3. The van der Waals surface area contributed by atoms with E-state index in [4.69, 9.17) is 11.6 Å². The number of amides is 1. The number of benzene rings is 2. The molecule has 0 saturated heterocycles. The van der Waals surface area contributed by atoms with Crippen molar-refractivity contribution in [1.82, 2.24) is 10.6 Å². The van der Waals surface area contributed by atoms with E-state index >= 15 is 0 Å². The van der Waals surface area contributed by atoms with Crippen LogP contribution in [0.5, 0.6) is 5.75 Å². The molecule has 0 atom stereocenters. The van der Waals surface area contributed by atoms with Gasteiger partial charge in [0.2, 0.25) is 5.91 Å². The molecule has 1 amide bonds. The smallest absolute Gasteiger partial charge is 0.387 e. The number of ether oxygens (including phenoxy) is 1. The van der Waals surface area contributed by atoms with E-state index in [0.717, 1.165) is 5.56 Å². The third kappa shape index (κ3) is 7.23. The molecule has 2 rings (SSSR count). The first kappa shape index (κ1) is 22.4. The van der Waals surface area contributed by atoms with Crippen LogP contribution in [0, 0.1) is 6.92 Å². The van der Waals surface area contributed by atoms with Crippen LogP contribution in [-0.4, -0.2) is 32.1 Å². The maximum atomic E-state index is 12.5. The highest BCUT2D eigenvalue weighted by Crippen LogP contribution is 2.23. The van der Waals surface area contributed by atoms with Gasteiger partial charge in [-0.3, -0.25) is 9.79 Å². The number of carbonyl (C=O) groups excluding carboxylic acids is 1. The molecule has 6 nitrogen and oxygen atoms in total. The fourth-order valence-corrected chi connectivity index (χ4v) is 2.68. The van der Waals surface area contributed by atoms with Gasteiger partial charge in [0.15, 0.2) is 5.96 Å². The molecule has 0 bridgehead atoms. The zero-order valence-electron chi connectivity index (χ0n) is 16.1. The highest BCUT2D eigenvalue weighted by Gasteiger charge is 2.10. The molecule has 2 aromatic rings. The van der Waals surface area contributed by atoms with Crippen LogP contribution in [0.25, 0.3) is 0 Å². The number of aliphatic imine (C=N–C) groups is 1. The highest BCUT2D eigenvalue weighted by atomic mass is 35.5. The van der Waals surface area contributed by atoms with E-state index < -0.39 is 6.61 Å². The quantitative estimate of drug-likeness (QED) is 0.443. The number of hydrogen-bond acceptors (Lipinski definition) is 3. The zero-order chi connectivity index (χ0) is 21.2. The zero-order valence-corrected chi connectivity index (χ0v) is 16.9. The Kier molecular flexibility index (Phi) is 8.67. The second-order valence-electron chi connectivity index (χ2n) is 6.05. The van der Waals surface area contributed by atoms with Crippen molar-refractivity contribution in [3.05, 3.63) is 58.6 Å². The minimum absolute atomic E-state index is 0.0988. The predicted octanol–water partition coefficient (Wildman–Crippen LogP) is 3.94. The van der Waals surface area contributed by atoms with Crippen molar-refractivity contribution < 1.29 is 18.3 Å². The third-order valence-corrected chi connectivity index (χ3v) is 4.45. The monoisotopic (exact) mass is 424 g/mol. The molecule has 0 radical (unpaired) electrons. The molecule has 0 aromatic heterocycles. The Morgan fingerprint density at radius 2 is 1.93 bits per heavy atom. The number of hydrogen-bond donors (Lipinski definition) is 3. The van der Waals surface area contributed by atoms with Gasteiger partial charge in [0.1, 0.15) is 5.75 Å². The second kappa shape index (κ2) is 11.2. The lowest BCUT2D eigenvalue weighted by Gasteiger charge is -2.14. The van der Waals surface area contributed by atoms with Gasteiger partial charge in [0.05, 0.1) is 0 Å². The summed E-state index contributed by atoms with van der Waals surface area (Å²) in [5, 5.41) is 9.41. The number of carbonyl (C=O) groups is 1. The number of guanidine groups is 1. The van der Waals surface area contributed by atoms with Crippen molar-refractivity contribution in [3.63, 3.8) is 0 Å². The van der Waals surface area contributed by atoms with Crippen molar-refractivity contribution in [2.75, 3.05) is 18.9 Å². The van der Waals surface area contributed by atoms with Gasteiger partial charge in [-0.05, 0) is 30.7 Å². The summed E-state index contributed by atoms with van der Waals surface area (Å²) in [7, 11) is 1.58. The number of alkyl halides is 2. The van der Waals surface area contributed by atoms with Gasteiger partial charge >= 0.3 is 6.61 Å². The molecule has 0 unspecified atom stereocenters. The molecule has 0 fully saturated rings. The van der Waals surface area contributed by atoms with E-state index in [1.165, 1.54) is 6.07 Å². The van der Waals surface area contributed by atoms with Gasteiger partial charge < -0.3 is 20.7 Å². The number of rotatable bonds is 8. The van der Waals surface area contributed by atoms with E-state index in [1.54, 1.807) is 43.4 Å². The van der Waals surface area contributed by atoms with E-state index in [0.29, 0.717) is 28.8 Å². The summed E-state index contributed by atoms with van der Waals surface area (Å²) in [6, 6.07) is 11.8. The molecule has 9 heteroatoms. The van der Waals surface area contributed by atoms with Gasteiger partial charge in [-0.1, -0.05) is 35.9 Å². The molecule has 156 valence electrons. The summed E-state index contributed by atoms with van der Waals surface area (Å²) in [4.78, 5) is 16.2. The number of nitrogens with one attached hydrogen (secondary N) is 3. The van der Waals surface area contributed by atoms with E-state index in [9.17, 15) is 13.6 Å². The lowest BCUT2D eigenvalue weighted by Crippen LogP contribution is -2.38. The van der Waals surface area contributed by atoms with Crippen LogP contribution >= 0.6 is 11.6 Å². The minimum Gasteiger partial charge on any atom is -0.434 e. The molecule has 2 aromatic carbocycles. The molecule has 0 aliphatic carbocycles. The summed E-state index contributed by atoms with van der Waals surface area (Å²) >= 11 is 6.05. The Morgan fingerprint density at radius 3 is 2.66 bits per heavy atom. The molecular weight excluding hydrogens is 402 g/mol. The first-order chi connectivity index (χ1) is 13.9. The SMILES string of the molecule is CN=C(NCCC(=O)Nc1cccc(Cl)c1C)NCc1ccccc1OC(F)F. The average Bonchev–Trinajstić information content (AvgIpc) is 2.68. The molecular formula is C20H23ClF2N4O2. The fourth-order valence-electron chi connectivity index (χ4n) is 2.51. The van der Waals surface area contributed by atoms with E-state index in [1.807, 2.05) is 6.92 Å². The first-order valence-electron chi connectivity index (χ1n) is 8.93. The number of anilines is 1. The van der Waals surface area contributed by atoms with Gasteiger partial charge in [-0.2, -0.15) is 8.78 Å². The van der Waals surface area contributed by atoms with Crippen molar-refractivity contribution in [2.45, 2.75) is 26.5 Å². The van der Waals surface area contributed by atoms with Crippen LogP contribution in [0.1, 0.15) is 17.5 Å². The summed E-state index contributed by atoms with van der Waals surface area (Å²) in [5.41, 5.74) is 2.03. The fraction of sp³-hybridized carbons (Fsp3) is 0.300.